The Balaban J connectivity index is 1.56. The van der Waals surface area contributed by atoms with Gasteiger partial charge in [-0.05, 0) is 31.5 Å². The summed E-state index contributed by atoms with van der Waals surface area (Å²) in [6, 6.07) is 13.6. The van der Waals surface area contributed by atoms with E-state index in [4.69, 9.17) is 4.42 Å². The number of amides is 1. The number of H-pyrrole nitrogens is 2. The average Bonchev–Trinajstić information content (AvgIpc) is 3.56. The van der Waals surface area contributed by atoms with Gasteiger partial charge in [0.1, 0.15) is 11.5 Å². The van der Waals surface area contributed by atoms with Crippen LogP contribution in [0.15, 0.2) is 64.0 Å². The lowest BCUT2D eigenvalue weighted by Gasteiger charge is -2.08. The molecule has 0 aliphatic heterocycles. The molecule has 4 aromatic heterocycles. The molecule has 5 aromatic rings. The van der Waals surface area contributed by atoms with E-state index in [1.807, 2.05) is 19.1 Å². The van der Waals surface area contributed by atoms with Gasteiger partial charge in [-0.1, -0.05) is 25.1 Å². The number of aromatic nitrogens is 5. The second-order valence-corrected chi connectivity index (χ2v) is 7.67. The summed E-state index contributed by atoms with van der Waals surface area (Å²) >= 11 is 0. The number of carbonyl (C=O) groups is 2. The van der Waals surface area contributed by atoms with Crippen LogP contribution < -0.4 is 10.9 Å². The molecule has 0 spiro atoms. The minimum absolute atomic E-state index is 0.105. The number of furan rings is 1. The molecule has 170 valence electrons. The summed E-state index contributed by atoms with van der Waals surface area (Å²) in [4.78, 5) is 48.5. The molecule has 0 saturated heterocycles. The number of rotatable bonds is 6. The van der Waals surface area contributed by atoms with Crippen molar-refractivity contribution in [2.45, 2.75) is 20.3 Å². The van der Waals surface area contributed by atoms with Gasteiger partial charge in [0.2, 0.25) is 5.95 Å². The first-order valence-electron chi connectivity index (χ1n) is 10.6. The molecule has 0 bridgehead atoms. The highest BCUT2D eigenvalue weighted by atomic mass is 16.3. The van der Waals surface area contributed by atoms with Crippen LogP contribution in [0, 0.1) is 6.92 Å². The van der Waals surface area contributed by atoms with Crippen molar-refractivity contribution in [2.75, 3.05) is 5.32 Å². The third-order valence-corrected chi connectivity index (χ3v) is 5.40. The summed E-state index contributed by atoms with van der Waals surface area (Å²) in [7, 11) is 0. The number of hydrogen-bond acceptors (Lipinski definition) is 6. The van der Waals surface area contributed by atoms with E-state index in [0.29, 0.717) is 40.2 Å². The molecule has 4 heterocycles. The number of nitrogens with one attached hydrogen (secondary N) is 3. The van der Waals surface area contributed by atoms with Crippen molar-refractivity contribution >= 4 is 28.4 Å². The Morgan fingerprint density at radius 2 is 1.94 bits per heavy atom. The van der Waals surface area contributed by atoms with Gasteiger partial charge in [-0.2, -0.15) is 9.78 Å². The Bertz CT molecular complexity index is 1590. The van der Waals surface area contributed by atoms with Crippen molar-refractivity contribution in [3.8, 4) is 17.4 Å². The van der Waals surface area contributed by atoms with Crippen LogP contribution in [0.4, 0.5) is 5.82 Å². The fourth-order valence-electron chi connectivity index (χ4n) is 3.81. The Kier molecular flexibility index (Phi) is 5.17. The zero-order valence-electron chi connectivity index (χ0n) is 18.4. The zero-order chi connectivity index (χ0) is 23.8. The first kappa shape index (κ1) is 21.1. The van der Waals surface area contributed by atoms with Crippen molar-refractivity contribution in [3.63, 3.8) is 0 Å². The number of Topliss-reactive ketones (excluding diaryl/α,β-unsaturated/α-hetero) is 1. The number of aromatic amines is 2. The highest BCUT2D eigenvalue weighted by molar-refractivity contribution is 6.48. The van der Waals surface area contributed by atoms with E-state index < -0.39 is 11.7 Å². The highest BCUT2D eigenvalue weighted by Gasteiger charge is 2.25. The Morgan fingerprint density at radius 3 is 2.71 bits per heavy atom. The van der Waals surface area contributed by atoms with Gasteiger partial charge >= 0.3 is 0 Å². The first-order valence-corrected chi connectivity index (χ1v) is 10.6. The van der Waals surface area contributed by atoms with Gasteiger partial charge in [0.05, 0.1) is 11.8 Å². The Labute approximate surface area is 192 Å². The van der Waals surface area contributed by atoms with E-state index in [2.05, 4.69) is 25.4 Å². The second-order valence-electron chi connectivity index (χ2n) is 7.67. The molecule has 10 heteroatoms. The summed E-state index contributed by atoms with van der Waals surface area (Å²) in [6.45, 7) is 3.61. The number of anilines is 1. The van der Waals surface area contributed by atoms with Crippen LogP contribution in [-0.2, 0) is 11.2 Å². The van der Waals surface area contributed by atoms with Crippen LogP contribution >= 0.6 is 0 Å². The minimum atomic E-state index is -0.853. The maximum atomic E-state index is 13.1. The molecule has 0 aliphatic rings. The molecular weight excluding hydrogens is 436 g/mol. The number of hydrogen-bond donors (Lipinski definition) is 3. The smallest absolute Gasteiger partial charge is 0.298 e. The van der Waals surface area contributed by atoms with Gasteiger partial charge in [-0.15, -0.1) is 0 Å². The largest absolute Gasteiger partial charge is 0.463 e. The van der Waals surface area contributed by atoms with Crippen LogP contribution in [0.5, 0.6) is 0 Å². The van der Waals surface area contributed by atoms with Crippen molar-refractivity contribution in [3.05, 3.63) is 82.1 Å². The van der Waals surface area contributed by atoms with E-state index in [1.54, 1.807) is 37.3 Å². The summed E-state index contributed by atoms with van der Waals surface area (Å²) in [5, 5.41) is 7.72. The average molecular weight is 456 g/mol. The lowest BCUT2D eigenvalue weighted by Crippen LogP contribution is -2.25. The molecular formula is C24H20N6O4. The third-order valence-electron chi connectivity index (χ3n) is 5.40. The molecule has 1 amide bonds. The summed E-state index contributed by atoms with van der Waals surface area (Å²) in [6.07, 6.45) is 2.02. The summed E-state index contributed by atoms with van der Waals surface area (Å²) < 4.78 is 6.69. The van der Waals surface area contributed by atoms with Crippen LogP contribution in [-0.4, -0.2) is 36.4 Å². The molecule has 0 unspecified atom stereocenters. The molecule has 3 N–H and O–H groups in total. The lowest BCUT2D eigenvalue weighted by atomic mass is 10.1. The number of benzene rings is 1. The minimum Gasteiger partial charge on any atom is -0.463 e. The molecule has 5 rings (SSSR count). The predicted octanol–water partition coefficient (Wildman–Crippen LogP) is 3.39. The maximum Gasteiger partial charge on any atom is 0.298 e. The van der Waals surface area contributed by atoms with E-state index in [9.17, 15) is 14.4 Å². The Morgan fingerprint density at radius 1 is 1.12 bits per heavy atom. The SMILES string of the molecule is CCc1cc(=O)[nH]c(-n2nc(-c3ccco3)cc2NC(=O)C(=O)c2c(C)[nH]c3ccccc23)n1. The molecule has 0 fully saturated rings. The maximum absolute atomic E-state index is 13.1. The normalized spacial score (nSPS) is 11.1. The molecule has 0 aliphatic carbocycles. The number of fused-ring (bicyclic) bond motifs is 1. The number of para-hydroxylation sites is 1. The van der Waals surface area contributed by atoms with Gasteiger partial charge in [0, 0.05) is 34.4 Å². The van der Waals surface area contributed by atoms with E-state index in [-0.39, 0.29) is 17.3 Å². The van der Waals surface area contributed by atoms with E-state index in [1.165, 1.54) is 17.0 Å². The molecule has 0 atom stereocenters. The number of aryl methyl sites for hydroxylation is 2. The van der Waals surface area contributed by atoms with Gasteiger partial charge in [0.15, 0.2) is 5.76 Å². The highest BCUT2D eigenvalue weighted by Crippen LogP contribution is 2.26. The summed E-state index contributed by atoms with van der Waals surface area (Å²) in [5.41, 5.74) is 2.23. The van der Waals surface area contributed by atoms with Crippen LogP contribution in [0.2, 0.25) is 0 Å². The third kappa shape index (κ3) is 3.71. The fourth-order valence-corrected chi connectivity index (χ4v) is 3.81. The number of ketones is 1. The zero-order valence-corrected chi connectivity index (χ0v) is 18.4. The predicted molar refractivity (Wildman–Crippen MR) is 125 cm³/mol. The molecule has 1 aromatic carbocycles. The lowest BCUT2D eigenvalue weighted by molar-refractivity contribution is -0.112. The van der Waals surface area contributed by atoms with Crippen molar-refractivity contribution < 1.29 is 14.0 Å². The standard InChI is InChI=1S/C24H20N6O4/c1-3-14-11-20(31)28-24(26-14)30-19(12-17(29-30)18-9-6-10-34-18)27-23(33)22(32)21-13(2)25-16-8-5-4-7-15(16)21/h4-12,25H,3H2,1-2H3,(H,27,33)(H,26,28,31). The van der Waals surface area contributed by atoms with Crippen LogP contribution in [0.25, 0.3) is 28.3 Å². The van der Waals surface area contributed by atoms with Crippen molar-refractivity contribution in [1.82, 2.24) is 24.7 Å². The first-order chi connectivity index (χ1) is 16.4. The van der Waals surface area contributed by atoms with Crippen molar-refractivity contribution in [1.29, 1.82) is 0 Å². The molecule has 10 nitrogen and oxygen atoms in total. The van der Waals surface area contributed by atoms with Crippen LogP contribution in [0.1, 0.15) is 28.7 Å². The summed E-state index contributed by atoms with van der Waals surface area (Å²) in [5.74, 6) is -0.853. The molecule has 0 saturated carbocycles. The number of nitrogens with zero attached hydrogens (tertiary/aromatic N) is 3. The van der Waals surface area contributed by atoms with Gasteiger partial charge < -0.3 is 14.7 Å². The Hall–Kier alpha value is -4.73. The topological polar surface area (TPSA) is 139 Å². The van der Waals surface area contributed by atoms with E-state index in [0.717, 1.165) is 5.52 Å². The van der Waals surface area contributed by atoms with E-state index >= 15 is 0 Å². The van der Waals surface area contributed by atoms with Gasteiger partial charge in [-0.3, -0.25) is 19.4 Å². The second kappa shape index (κ2) is 8.32. The molecule has 34 heavy (non-hydrogen) atoms. The quantitative estimate of drug-likeness (QED) is 0.264. The number of carbonyl (C=O) groups excluding carboxylic acids is 2. The van der Waals surface area contributed by atoms with Gasteiger partial charge in [-0.25, -0.2) is 4.98 Å². The van der Waals surface area contributed by atoms with Crippen molar-refractivity contribution in [2.24, 2.45) is 0 Å². The monoisotopic (exact) mass is 456 g/mol. The molecule has 0 radical (unpaired) electrons. The fraction of sp³-hybridized carbons (Fsp3) is 0.125. The van der Waals surface area contributed by atoms with Crippen LogP contribution in [0.3, 0.4) is 0 Å². The van der Waals surface area contributed by atoms with Gasteiger partial charge in [0.25, 0.3) is 17.2 Å².